The highest BCUT2D eigenvalue weighted by Gasteiger charge is 2.18. The summed E-state index contributed by atoms with van der Waals surface area (Å²) < 4.78 is 0. The van der Waals surface area contributed by atoms with Gasteiger partial charge in [-0.25, -0.2) is 0 Å². The molecule has 2 heteroatoms. The summed E-state index contributed by atoms with van der Waals surface area (Å²) in [5, 5.41) is 6.66. The predicted octanol–water partition coefficient (Wildman–Crippen LogP) is 0.0830. The zero-order chi connectivity index (χ0) is 6.10. The van der Waals surface area contributed by atoms with Gasteiger partial charge in [-0.05, 0) is 24.1 Å². The van der Waals surface area contributed by atoms with Crippen LogP contribution in [0.3, 0.4) is 0 Å². The Morgan fingerprint density at radius 3 is 3.22 bits per heavy atom. The summed E-state index contributed by atoms with van der Waals surface area (Å²) >= 11 is 0. The van der Waals surface area contributed by atoms with E-state index in [0.29, 0.717) is 0 Å². The molecule has 2 nitrogen and oxygen atoms in total. The van der Waals surface area contributed by atoms with Gasteiger partial charge in [0.2, 0.25) is 0 Å². The zero-order valence-corrected chi connectivity index (χ0v) is 5.48. The molecule has 2 aliphatic rings. The number of hydrogen-bond acceptors (Lipinski definition) is 2. The van der Waals surface area contributed by atoms with Crippen molar-refractivity contribution in [2.75, 3.05) is 19.6 Å². The first-order valence-corrected chi connectivity index (χ1v) is 3.57. The standard InChI is InChI=1S/C7H12N2/c1-6-2-8-4-7(1)5-9-3-6/h2,7-9H,1,3-5H2. The van der Waals surface area contributed by atoms with E-state index in [1.807, 2.05) is 0 Å². The van der Waals surface area contributed by atoms with E-state index < -0.39 is 0 Å². The van der Waals surface area contributed by atoms with Crippen LogP contribution < -0.4 is 10.6 Å². The fourth-order valence-electron chi connectivity index (χ4n) is 1.58. The molecule has 0 aromatic rings. The minimum Gasteiger partial charge on any atom is -0.391 e. The highest BCUT2D eigenvalue weighted by Crippen LogP contribution is 2.17. The molecule has 1 fully saturated rings. The van der Waals surface area contributed by atoms with Gasteiger partial charge in [0.25, 0.3) is 0 Å². The minimum atomic E-state index is 0.860. The average molecular weight is 124 g/mol. The first-order chi connectivity index (χ1) is 4.45. The van der Waals surface area contributed by atoms with Crippen molar-refractivity contribution < 1.29 is 0 Å². The lowest BCUT2D eigenvalue weighted by atomic mass is 9.93. The van der Waals surface area contributed by atoms with Crippen molar-refractivity contribution in [1.82, 2.24) is 10.6 Å². The van der Waals surface area contributed by atoms with Crippen LogP contribution in [0.2, 0.25) is 0 Å². The highest BCUT2D eigenvalue weighted by molar-refractivity contribution is 5.10. The molecule has 50 valence electrons. The lowest BCUT2D eigenvalue weighted by molar-refractivity contribution is 0.405. The average Bonchev–Trinajstić information content (AvgIpc) is 1.88. The van der Waals surface area contributed by atoms with Crippen molar-refractivity contribution in [2.45, 2.75) is 6.42 Å². The Labute approximate surface area is 55.3 Å². The molecule has 9 heavy (non-hydrogen) atoms. The second-order valence-corrected chi connectivity index (χ2v) is 2.91. The van der Waals surface area contributed by atoms with E-state index in [-0.39, 0.29) is 0 Å². The Hall–Kier alpha value is -0.500. The maximum atomic E-state index is 3.38. The number of piperidine rings is 1. The maximum absolute atomic E-state index is 3.38. The molecular weight excluding hydrogens is 112 g/mol. The summed E-state index contributed by atoms with van der Waals surface area (Å²) in [5.74, 6) is 0.860. The predicted molar refractivity (Wildman–Crippen MR) is 37.1 cm³/mol. The quantitative estimate of drug-likeness (QED) is 0.478. The van der Waals surface area contributed by atoms with Gasteiger partial charge in [0, 0.05) is 19.6 Å². The largest absolute Gasteiger partial charge is 0.391 e. The summed E-state index contributed by atoms with van der Waals surface area (Å²) in [6.45, 7) is 3.46. The smallest absolute Gasteiger partial charge is 0.0185 e. The fourth-order valence-corrected chi connectivity index (χ4v) is 1.58. The van der Waals surface area contributed by atoms with Crippen molar-refractivity contribution in [2.24, 2.45) is 5.92 Å². The molecule has 0 aromatic carbocycles. The minimum absolute atomic E-state index is 0.860. The van der Waals surface area contributed by atoms with E-state index in [1.165, 1.54) is 18.5 Å². The van der Waals surface area contributed by atoms with Gasteiger partial charge in [0.1, 0.15) is 0 Å². The van der Waals surface area contributed by atoms with Gasteiger partial charge in [0.15, 0.2) is 0 Å². The van der Waals surface area contributed by atoms with Crippen molar-refractivity contribution >= 4 is 0 Å². The third kappa shape index (κ3) is 0.944. The van der Waals surface area contributed by atoms with Crippen LogP contribution >= 0.6 is 0 Å². The van der Waals surface area contributed by atoms with E-state index >= 15 is 0 Å². The maximum Gasteiger partial charge on any atom is 0.0185 e. The van der Waals surface area contributed by atoms with Gasteiger partial charge in [-0.1, -0.05) is 0 Å². The first kappa shape index (κ1) is 5.30. The van der Waals surface area contributed by atoms with Gasteiger partial charge in [-0.15, -0.1) is 0 Å². The lowest BCUT2D eigenvalue weighted by Crippen LogP contribution is -2.40. The molecule has 2 bridgehead atoms. The van der Waals surface area contributed by atoms with E-state index in [1.54, 1.807) is 0 Å². The Morgan fingerprint density at radius 2 is 2.44 bits per heavy atom. The molecule has 0 radical (unpaired) electrons. The summed E-state index contributed by atoms with van der Waals surface area (Å²) in [7, 11) is 0. The van der Waals surface area contributed by atoms with Crippen LogP contribution in [0.25, 0.3) is 0 Å². The molecule has 2 rings (SSSR count). The third-order valence-electron chi connectivity index (χ3n) is 2.05. The third-order valence-corrected chi connectivity index (χ3v) is 2.05. The second kappa shape index (κ2) is 2.03. The van der Waals surface area contributed by atoms with Gasteiger partial charge in [0.05, 0.1) is 0 Å². The molecule has 2 aliphatic heterocycles. The van der Waals surface area contributed by atoms with Gasteiger partial charge in [-0.2, -0.15) is 0 Å². The Kier molecular flexibility index (Phi) is 1.19. The topological polar surface area (TPSA) is 24.1 Å². The van der Waals surface area contributed by atoms with E-state index in [2.05, 4.69) is 16.8 Å². The van der Waals surface area contributed by atoms with E-state index in [4.69, 9.17) is 0 Å². The van der Waals surface area contributed by atoms with E-state index in [9.17, 15) is 0 Å². The summed E-state index contributed by atoms with van der Waals surface area (Å²) in [5.41, 5.74) is 1.54. The van der Waals surface area contributed by atoms with E-state index in [0.717, 1.165) is 19.0 Å². The van der Waals surface area contributed by atoms with Crippen LogP contribution in [0.15, 0.2) is 11.8 Å². The van der Waals surface area contributed by atoms with Crippen LogP contribution in [0.1, 0.15) is 6.42 Å². The molecule has 1 unspecified atom stereocenters. The Morgan fingerprint density at radius 1 is 1.44 bits per heavy atom. The molecule has 2 N–H and O–H groups in total. The molecule has 2 heterocycles. The summed E-state index contributed by atoms with van der Waals surface area (Å²) in [6, 6.07) is 0. The number of fused-ring (bicyclic) bond motifs is 2. The number of rotatable bonds is 0. The molecule has 0 aromatic heterocycles. The summed E-state index contributed by atoms with van der Waals surface area (Å²) in [4.78, 5) is 0. The van der Waals surface area contributed by atoms with Crippen LogP contribution in [-0.2, 0) is 0 Å². The normalized spacial score (nSPS) is 32.9. The van der Waals surface area contributed by atoms with Gasteiger partial charge >= 0.3 is 0 Å². The molecule has 1 atom stereocenters. The van der Waals surface area contributed by atoms with Crippen molar-refractivity contribution in [3.05, 3.63) is 11.8 Å². The van der Waals surface area contributed by atoms with Crippen LogP contribution in [0.4, 0.5) is 0 Å². The summed E-state index contributed by atoms with van der Waals surface area (Å²) in [6.07, 6.45) is 3.47. The zero-order valence-electron chi connectivity index (χ0n) is 5.48. The Bertz CT molecular complexity index is 140. The van der Waals surface area contributed by atoms with Crippen LogP contribution in [0, 0.1) is 5.92 Å². The van der Waals surface area contributed by atoms with Crippen molar-refractivity contribution in [3.63, 3.8) is 0 Å². The molecular formula is C7H12N2. The Balaban J connectivity index is 2.13. The second-order valence-electron chi connectivity index (χ2n) is 2.91. The molecule has 0 saturated carbocycles. The molecule has 0 amide bonds. The SMILES string of the molecule is C1=C2CNCC(CN1)C2. The number of hydrogen-bond donors (Lipinski definition) is 2. The van der Waals surface area contributed by atoms with Crippen LogP contribution in [-0.4, -0.2) is 19.6 Å². The molecule has 1 saturated heterocycles. The van der Waals surface area contributed by atoms with Crippen LogP contribution in [0.5, 0.6) is 0 Å². The van der Waals surface area contributed by atoms with Gasteiger partial charge in [-0.3, -0.25) is 0 Å². The van der Waals surface area contributed by atoms with Crippen molar-refractivity contribution in [1.29, 1.82) is 0 Å². The number of nitrogens with one attached hydrogen (secondary N) is 2. The molecule has 0 aliphatic carbocycles. The fraction of sp³-hybridized carbons (Fsp3) is 0.714. The first-order valence-electron chi connectivity index (χ1n) is 3.57. The monoisotopic (exact) mass is 124 g/mol. The van der Waals surface area contributed by atoms with Crippen molar-refractivity contribution in [3.8, 4) is 0 Å². The van der Waals surface area contributed by atoms with Gasteiger partial charge < -0.3 is 10.6 Å². The lowest BCUT2D eigenvalue weighted by Gasteiger charge is -2.29. The molecule has 0 spiro atoms. The highest BCUT2D eigenvalue weighted by atomic mass is 14.9.